The molecule has 1 saturated carbocycles. The van der Waals surface area contributed by atoms with Crippen LogP contribution in [0.15, 0.2) is 36.4 Å². The van der Waals surface area contributed by atoms with E-state index in [0.29, 0.717) is 5.92 Å². The van der Waals surface area contributed by atoms with Crippen LogP contribution in [0.25, 0.3) is 0 Å². The zero-order valence-electron chi connectivity index (χ0n) is 21.8. The zero-order valence-corrected chi connectivity index (χ0v) is 21.8. The third kappa shape index (κ3) is 12.2. The second kappa shape index (κ2) is 17.3. The van der Waals surface area contributed by atoms with Gasteiger partial charge in [-0.1, -0.05) is 94.7 Å². The fourth-order valence-corrected chi connectivity index (χ4v) is 5.59. The molecule has 1 aliphatic rings. The van der Waals surface area contributed by atoms with Gasteiger partial charge in [-0.15, -0.1) is 0 Å². The lowest BCUT2D eigenvalue weighted by Gasteiger charge is -2.31. The molecule has 0 aliphatic heterocycles. The molecule has 0 bridgehead atoms. The summed E-state index contributed by atoms with van der Waals surface area (Å²) in [5, 5.41) is 9.25. The molecule has 1 unspecified atom stereocenters. The summed E-state index contributed by atoms with van der Waals surface area (Å²) in [6, 6.07) is 9.43. The van der Waals surface area contributed by atoms with Crippen LogP contribution < -0.4 is 0 Å². The highest BCUT2D eigenvalue weighted by Crippen LogP contribution is 2.37. The van der Waals surface area contributed by atoms with E-state index < -0.39 is 0 Å². The van der Waals surface area contributed by atoms with E-state index in [0.717, 1.165) is 43.3 Å². The van der Waals surface area contributed by atoms with Gasteiger partial charge in [-0.05, 0) is 80.2 Å². The number of aliphatic hydroxyl groups excluding tert-OH is 1. The normalized spacial score (nSPS) is 19.5. The molecule has 2 rings (SSSR count). The first-order valence-electron chi connectivity index (χ1n) is 14.0. The van der Waals surface area contributed by atoms with Gasteiger partial charge in [0.15, 0.2) is 0 Å². The molecule has 1 atom stereocenters. The molecule has 1 N–H and O–H groups in total. The summed E-state index contributed by atoms with van der Waals surface area (Å²) in [4.78, 5) is 0. The first-order valence-corrected chi connectivity index (χ1v) is 14.0. The molecule has 1 aliphatic carbocycles. The van der Waals surface area contributed by atoms with Crippen LogP contribution in [0, 0.1) is 17.8 Å². The highest BCUT2D eigenvalue weighted by molar-refractivity contribution is 5.22. The summed E-state index contributed by atoms with van der Waals surface area (Å²) in [6.45, 7) is 7.23. The van der Waals surface area contributed by atoms with E-state index in [-0.39, 0.29) is 6.61 Å². The van der Waals surface area contributed by atoms with Crippen LogP contribution in [0.2, 0.25) is 0 Å². The lowest BCUT2D eigenvalue weighted by atomic mass is 9.75. The third-order valence-corrected chi connectivity index (χ3v) is 7.91. The van der Waals surface area contributed by atoms with E-state index in [1.165, 1.54) is 94.6 Å². The van der Waals surface area contributed by atoms with Crippen LogP contribution in [-0.2, 0) is 17.6 Å². The topological polar surface area (TPSA) is 29.5 Å². The Morgan fingerprint density at radius 2 is 1.55 bits per heavy atom. The number of aryl methyl sites for hydroxylation is 2. The Morgan fingerprint density at radius 1 is 0.939 bits per heavy atom. The van der Waals surface area contributed by atoms with Crippen molar-refractivity contribution >= 4 is 0 Å². The van der Waals surface area contributed by atoms with Gasteiger partial charge in [0.05, 0.1) is 6.61 Å². The van der Waals surface area contributed by atoms with Gasteiger partial charge in [0.25, 0.3) is 0 Å². The number of ether oxygens (including phenoxy) is 1. The largest absolute Gasteiger partial charge is 0.392 e. The van der Waals surface area contributed by atoms with Crippen molar-refractivity contribution in [2.24, 2.45) is 17.8 Å². The van der Waals surface area contributed by atoms with Crippen LogP contribution in [0.4, 0.5) is 0 Å². The van der Waals surface area contributed by atoms with Crippen molar-refractivity contribution in [2.45, 2.75) is 110 Å². The van der Waals surface area contributed by atoms with E-state index in [1.54, 1.807) is 7.11 Å². The van der Waals surface area contributed by atoms with Crippen LogP contribution in [0.1, 0.15) is 108 Å². The first-order chi connectivity index (χ1) is 16.1. The van der Waals surface area contributed by atoms with Gasteiger partial charge in [-0.3, -0.25) is 0 Å². The molecule has 2 nitrogen and oxygen atoms in total. The van der Waals surface area contributed by atoms with Crippen molar-refractivity contribution in [1.29, 1.82) is 0 Å². The van der Waals surface area contributed by atoms with Crippen molar-refractivity contribution in [2.75, 3.05) is 20.3 Å². The highest BCUT2D eigenvalue weighted by Gasteiger charge is 2.23. The second-order valence-electron chi connectivity index (χ2n) is 10.7. The summed E-state index contributed by atoms with van der Waals surface area (Å²) in [5.41, 5.74) is 4.00. The minimum absolute atomic E-state index is 0.131. The van der Waals surface area contributed by atoms with Gasteiger partial charge in [-0.25, -0.2) is 0 Å². The van der Waals surface area contributed by atoms with Crippen molar-refractivity contribution in [3.05, 3.63) is 47.5 Å². The number of hydrogen-bond acceptors (Lipinski definition) is 2. The lowest BCUT2D eigenvalue weighted by Crippen LogP contribution is -2.18. The van der Waals surface area contributed by atoms with E-state index in [9.17, 15) is 5.11 Å². The fourth-order valence-electron chi connectivity index (χ4n) is 5.59. The maximum atomic E-state index is 9.25. The molecular formula is C31H52O2. The Hall–Kier alpha value is -1.12. The van der Waals surface area contributed by atoms with Crippen molar-refractivity contribution in [3.8, 4) is 0 Å². The third-order valence-electron chi connectivity index (χ3n) is 7.91. The molecule has 0 saturated heterocycles. The summed E-state index contributed by atoms with van der Waals surface area (Å²) >= 11 is 0. The molecule has 188 valence electrons. The Bertz CT molecular complexity index is 612. The standard InChI is InChI=1S/C31H52O2/c1-4-5-6-9-27-14-16-28(17-15-27)10-7-8-11-29-18-20-30(21-19-29)24-31(22-23-33-3)13-12-26(2)25-32/h14-17,29-32H,2,4-13,18-25H2,1,3H3. The predicted molar refractivity (Wildman–Crippen MR) is 143 cm³/mol. The molecule has 1 aromatic carbocycles. The van der Waals surface area contributed by atoms with E-state index in [4.69, 9.17) is 4.74 Å². The molecule has 0 spiro atoms. The second-order valence-corrected chi connectivity index (χ2v) is 10.7. The summed E-state index contributed by atoms with van der Waals surface area (Å²) < 4.78 is 5.35. The average molecular weight is 457 g/mol. The maximum Gasteiger partial charge on any atom is 0.0639 e. The van der Waals surface area contributed by atoms with Gasteiger partial charge in [0.1, 0.15) is 0 Å². The molecule has 0 radical (unpaired) electrons. The monoisotopic (exact) mass is 456 g/mol. The number of hydrogen-bond donors (Lipinski definition) is 1. The fraction of sp³-hybridized carbons (Fsp3) is 0.742. The summed E-state index contributed by atoms with van der Waals surface area (Å²) in [7, 11) is 1.80. The number of unbranched alkanes of at least 4 members (excludes halogenated alkanes) is 3. The minimum Gasteiger partial charge on any atom is -0.392 e. The number of benzene rings is 1. The van der Waals surface area contributed by atoms with Crippen LogP contribution in [0.3, 0.4) is 0 Å². The molecule has 1 fully saturated rings. The summed E-state index contributed by atoms with van der Waals surface area (Å²) in [6.07, 6.45) is 20.9. The quantitative estimate of drug-likeness (QED) is 0.178. The number of aliphatic hydroxyl groups is 1. The van der Waals surface area contributed by atoms with Crippen molar-refractivity contribution in [1.82, 2.24) is 0 Å². The summed E-state index contributed by atoms with van der Waals surface area (Å²) in [5.74, 6) is 2.56. The number of methoxy groups -OCH3 is 1. The highest BCUT2D eigenvalue weighted by atomic mass is 16.5. The smallest absolute Gasteiger partial charge is 0.0639 e. The van der Waals surface area contributed by atoms with E-state index >= 15 is 0 Å². The molecule has 1 aromatic rings. The zero-order chi connectivity index (χ0) is 23.7. The van der Waals surface area contributed by atoms with E-state index in [2.05, 4.69) is 37.8 Å². The van der Waals surface area contributed by atoms with Crippen molar-refractivity contribution < 1.29 is 9.84 Å². The maximum absolute atomic E-state index is 9.25. The first kappa shape index (κ1) is 28.1. The molecule has 2 heteroatoms. The van der Waals surface area contributed by atoms with Gasteiger partial charge < -0.3 is 9.84 Å². The Morgan fingerprint density at radius 3 is 2.12 bits per heavy atom. The average Bonchev–Trinajstić information content (AvgIpc) is 2.85. The Labute approximate surface area is 205 Å². The van der Waals surface area contributed by atoms with Gasteiger partial charge in [0.2, 0.25) is 0 Å². The number of rotatable bonds is 18. The predicted octanol–water partition coefficient (Wildman–Crippen LogP) is 8.31. The molecule has 0 heterocycles. The Balaban J connectivity index is 1.59. The van der Waals surface area contributed by atoms with Gasteiger partial charge in [-0.2, -0.15) is 0 Å². The van der Waals surface area contributed by atoms with Crippen LogP contribution >= 0.6 is 0 Å². The van der Waals surface area contributed by atoms with Gasteiger partial charge in [0, 0.05) is 13.7 Å². The lowest BCUT2D eigenvalue weighted by molar-refractivity contribution is 0.155. The molecule has 0 aromatic heterocycles. The van der Waals surface area contributed by atoms with Crippen molar-refractivity contribution in [3.63, 3.8) is 0 Å². The molecule has 0 amide bonds. The minimum atomic E-state index is 0.131. The van der Waals surface area contributed by atoms with Crippen LogP contribution in [0.5, 0.6) is 0 Å². The SMILES string of the molecule is C=C(CO)CCC(CCOC)CC1CCC(CCCCc2ccc(CCCCC)cc2)CC1. The van der Waals surface area contributed by atoms with E-state index in [1.807, 2.05) is 0 Å². The van der Waals surface area contributed by atoms with Crippen LogP contribution in [-0.4, -0.2) is 25.4 Å². The molecular weight excluding hydrogens is 404 g/mol. The molecule has 33 heavy (non-hydrogen) atoms. The Kier molecular flexibility index (Phi) is 14.8. The van der Waals surface area contributed by atoms with Gasteiger partial charge >= 0.3 is 0 Å².